The van der Waals surface area contributed by atoms with Crippen molar-refractivity contribution in [3.8, 4) is 0 Å². The van der Waals surface area contributed by atoms with Gasteiger partial charge >= 0.3 is 0 Å². The van der Waals surface area contributed by atoms with Crippen molar-refractivity contribution in [3.63, 3.8) is 0 Å². The largest absolute Gasteiger partial charge is 0.496 e. The minimum atomic E-state index is 0. The number of nitrogens with zero attached hydrogens (tertiary/aromatic N) is 5. The molecule has 33 heavy (non-hydrogen) atoms. The van der Waals surface area contributed by atoms with Crippen LogP contribution < -0.4 is 0 Å². The summed E-state index contributed by atoms with van der Waals surface area (Å²) in [5, 5.41) is 40.2. The van der Waals surface area contributed by atoms with E-state index in [-0.39, 0.29) is 22.9 Å². The fourth-order valence-electron chi connectivity index (χ4n) is 2.33. The Kier molecular flexibility index (Phi) is 33.2. The second-order valence-corrected chi connectivity index (χ2v) is 6.32. The number of ether oxygens (including phenoxy) is 1. The Hall–Kier alpha value is -2.76. The fourth-order valence-corrected chi connectivity index (χ4v) is 2.33. The van der Waals surface area contributed by atoms with Crippen molar-refractivity contribution in [2.45, 2.75) is 71.0 Å². The van der Waals surface area contributed by atoms with Gasteiger partial charge in [0.15, 0.2) is 0 Å². The molecule has 10 nitrogen and oxygen atoms in total. The third-order valence-electron chi connectivity index (χ3n) is 3.70. The molecule has 2 atom stereocenters. The summed E-state index contributed by atoms with van der Waals surface area (Å²) in [6, 6.07) is 5.72. The SMILES string of the molecule is CCCCCCC[C@H]1C[C-]=C[C@H](C)O1.O/N=C/C=N/O.O/N=C/C=N/O.[Co].c1ccncc1. The first-order valence-electron chi connectivity index (χ1n) is 10.4. The first kappa shape index (κ1) is 34.8. The molecule has 1 aromatic rings. The van der Waals surface area contributed by atoms with Crippen molar-refractivity contribution in [2.24, 2.45) is 20.6 Å². The van der Waals surface area contributed by atoms with Gasteiger partial charge in [-0.25, -0.2) is 6.08 Å². The van der Waals surface area contributed by atoms with E-state index in [0.29, 0.717) is 6.10 Å². The smallest absolute Gasteiger partial charge is 0.0877 e. The fraction of sp³-hybridized carbons (Fsp3) is 0.500. The van der Waals surface area contributed by atoms with Crippen LogP contribution in [0.2, 0.25) is 0 Å². The van der Waals surface area contributed by atoms with E-state index in [2.05, 4.69) is 45.5 Å². The van der Waals surface area contributed by atoms with E-state index < -0.39 is 0 Å². The van der Waals surface area contributed by atoms with Crippen LogP contribution in [-0.2, 0) is 21.5 Å². The van der Waals surface area contributed by atoms with Crippen molar-refractivity contribution >= 4 is 24.9 Å². The van der Waals surface area contributed by atoms with Gasteiger partial charge in [-0.2, -0.15) is 6.42 Å². The van der Waals surface area contributed by atoms with Crippen LogP contribution in [0.5, 0.6) is 0 Å². The van der Waals surface area contributed by atoms with Gasteiger partial charge < -0.3 is 31.6 Å². The second kappa shape index (κ2) is 31.4. The average Bonchev–Trinajstić information content (AvgIpc) is 2.83. The van der Waals surface area contributed by atoms with Gasteiger partial charge in [-0.1, -0.05) is 65.7 Å². The molecule has 2 rings (SSSR count). The number of rotatable bonds is 8. The number of unbranched alkanes of at least 4 members (excludes halogenated alkanes) is 4. The summed E-state index contributed by atoms with van der Waals surface area (Å²) >= 11 is 0. The standard InChI is InChI=1S/C13H23O.C5H5N.2C2H4N2O2.Co/c1-3-4-5-6-7-10-13-11-8-9-12(2)14-13;1-2-4-6-5-3-1;2*5-3-1-2-4-6;/h9,12-13H,3-7,10-11H2,1-2H3;1-5H;2*1-2,5-6H;/q-1;;;;/b;;2*3-1+,4-2+;/t12-,13-;;;;/m0..../s1. The third kappa shape index (κ3) is 31.5. The van der Waals surface area contributed by atoms with E-state index in [1.807, 2.05) is 24.3 Å². The van der Waals surface area contributed by atoms with Crippen molar-refractivity contribution in [1.82, 2.24) is 4.98 Å². The summed E-state index contributed by atoms with van der Waals surface area (Å²) in [5.41, 5.74) is 0. The van der Waals surface area contributed by atoms with E-state index >= 15 is 0 Å². The van der Waals surface area contributed by atoms with E-state index in [9.17, 15) is 0 Å². The maximum Gasteiger partial charge on any atom is 0.0877 e. The quantitative estimate of drug-likeness (QED) is 0.130. The summed E-state index contributed by atoms with van der Waals surface area (Å²) in [6.07, 6.45) is 22.3. The van der Waals surface area contributed by atoms with Gasteiger partial charge in [0.25, 0.3) is 0 Å². The van der Waals surface area contributed by atoms with Gasteiger partial charge in [-0.3, -0.25) is 4.98 Å². The summed E-state index contributed by atoms with van der Waals surface area (Å²) in [5.74, 6) is 0. The van der Waals surface area contributed by atoms with Crippen LogP contribution in [0.15, 0.2) is 57.3 Å². The summed E-state index contributed by atoms with van der Waals surface area (Å²) in [4.78, 5) is 3.78. The van der Waals surface area contributed by atoms with Crippen LogP contribution in [0.25, 0.3) is 0 Å². The molecule has 0 saturated heterocycles. The molecule has 1 aliphatic heterocycles. The maximum atomic E-state index is 7.56. The van der Waals surface area contributed by atoms with Crippen molar-refractivity contribution in [3.05, 3.63) is 42.7 Å². The summed E-state index contributed by atoms with van der Waals surface area (Å²) in [7, 11) is 0. The molecule has 0 aliphatic carbocycles. The zero-order valence-electron chi connectivity index (χ0n) is 19.1. The number of aromatic nitrogens is 1. The normalized spacial score (nSPS) is 16.9. The monoisotopic (exact) mass is 509 g/mol. The Morgan fingerprint density at radius 1 is 0.879 bits per heavy atom. The van der Waals surface area contributed by atoms with E-state index in [4.69, 9.17) is 25.6 Å². The Morgan fingerprint density at radius 2 is 1.39 bits per heavy atom. The Bertz CT molecular complexity index is 564. The zero-order valence-corrected chi connectivity index (χ0v) is 20.2. The number of oxime groups is 4. The minimum Gasteiger partial charge on any atom is -0.496 e. The molecule has 2 heterocycles. The van der Waals surface area contributed by atoms with Crippen molar-refractivity contribution < 1.29 is 42.3 Å². The Balaban J connectivity index is -0.000000399. The number of hydrogen-bond donors (Lipinski definition) is 4. The van der Waals surface area contributed by atoms with Gasteiger partial charge in [-0.15, -0.1) is 0 Å². The van der Waals surface area contributed by atoms with Crippen LogP contribution in [-0.4, -0.2) is 62.9 Å². The topological polar surface area (TPSA) is 152 Å². The first-order chi connectivity index (χ1) is 15.7. The second-order valence-electron chi connectivity index (χ2n) is 6.32. The number of hydrogen-bond acceptors (Lipinski definition) is 10. The maximum absolute atomic E-state index is 7.56. The molecule has 1 aliphatic rings. The van der Waals surface area contributed by atoms with Crippen LogP contribution in [0, 0.1) is 6.08 Å². The predicted octanol–water partition coefficient (Wildman–Crippen LogP) is 4.78. The molecule has 189 valence electrons. The zero-order chi connectivity index (χ0) is 24.1. The van der Waals surface area contributed by atoms with Crippen LogP contribution >= 0.6 is 0 Å². The summed E-state index contributed by atoms with van der Waals surface area (Å²) in [6.45, 7) is 4.35. The van der Waals surface area contributed by atoms with Gasteiger partial charge in [0.1, 0.15) is 0 Å². The van der Waals surface area contributed by atoms with Crippen LogP contribution in [0.4, 0.5) is 0 Å². The molecule has 0 unspecified atom stereocenters. The van der Waals surface area contributed by atoms with Gasteiger partial charge in [0.2, 0.25) is 0 Å². The van der Waals surface area contributed by atoms with E-state index in [1.165, 1.54) is 38.5 Å². The Morgan fingerprint density at radius 3 is 1.76 bits per heavy atom. The molecule has 0 aromatic carbocycles. The van der Waals surface area contributed by atoms with E-state index in [1.54, 1.807) is 12.4 Å². The molecule has 0 fully saturated rings. The molecule has 4 N–H and O–H groups in total. The molecule has 1 aromatic heterocycles. The summed E-state index contributed by atoms with van der Waals surface area (Å²) < 4.78 is 5.77. The van der Waals surface area contributed by atoms with Crippen LogP contribution in [0.1, 0.15) is 58.8 Å². The predicted molar refractivity (Wildman–Crippen MR) is 125 cm³/mol. The molecule has 0 bridgehead atoms. The minimum absolute atomic E-state index is 0. The molecular formula is C22H36CoN5O5-. The average molecular weight is 509 g/mol. The molecule has 1 radical (unpaired) electrons. The van der Waals surface area contributed by atoms with Crippen LogP contribution in [0.3, 0.4) is 0 Å². The van der Waals surface area contributed by atoms with Gasteiger partial charge in [0.05, 0.1) is 24.9 Å². The first-order valence-corrected chi connectivity index (χ1v) is 10.4. The Labute approximate surface area is 206 Å². The molecular weight excluding hydrogens is 473 g/mol. The molecule has 11 heteroatoms. The van der Waals surface area contributed by atoms with Gasteiger partial charge in [-0.05, 0) is 25.5 Å². The van der Waals surface area contributed by atoms with E-state index in [0.717, 1.165) is 31.3 Å². The van der Waals surface area contributed by atoms with Crippen molar-refractivity contribution in [2.75, 3.05) is 0 Å². The van der Waals surface area contributed by atoms with Gasteiger partial charge in [0, 0.05) is 41.4 Å². The molecule has 0 spiro atoms. The third-order valence-corrected chi connectivity index (χ3v) is 3.70. The molecule has 0 amide bonds. The molecule has 0 saturated carbocycles. The van der Waals surface area contributed by atoms with Crippen molar-refractivity contribution in [1.29, 1.82) is 0 Å². The number of pyridine rings is 1.